The first-order valence-electron chi connectivity index (χ1n) is 0.667. The molecule has 0 fully saturated rings. The maximum Gasteiger partial charge on any atom is 1.00 e. The van der Waals surface area contributed by atoms with Crippen molar-refractivity contribution in [1.82, 2.24) is 0 Å². The maximum atomic E-state index is 8.89. The average Bonchev–Trinajstić information content (AvgIpc) is 0.722. The largest absolute Gasteiger partial charge is 1.00 e. The average molecular weight is 244 g/mol. The minimum absolute atomic E-state index is 0. The number of rotatable bonds is 0. The molecule has 6 N–H and O–H groups in total. The zero-order valence-electron chi connectivity index (χ0n) is 5.54. The summed E-state index contributed by atoms with van der Waals surface area (Å²) in [5.41, 5.74) is 0. The molecule has 0 atom stereocenters. The number of hydrogen-bond acceptors (Lipinski definition) is 4. The summed E-state index contributed by atoms with van der Waals surface area (Å²) < 4.78 is 26.7. The van der Waals surface area contributed by atoms with Gasteiger partial charge in [0.15, 0.2) is 0 Å². The van der Waals surface area contributed by atoms with Crippen LogP contribution < -0.4 is 103 Å². The van der Waals surface area contributed by atoms with Crippen molar-refractivity contribution >= 4 is 20.2 Å². The van der Waals surface area contributed by atoms with Crippen LogP contribution in [0.4, 0.5) is 0 Å². The van der Waals surface area contributed by atoms with Gasteiger partial charge in [0.25, 0.3) is 0 Å². The van der Waals surface area contributed by atoms with E-state index in [2.05, 4.69) is 11.2 Å². The third-order valence-electron chi connectivity index (χ3n) is 0. The summed E-state index contributed by atoms with van der Waals surface area (Å²) >= 11 is 3.24. The minimum atomic E-state index is -4.33. The first-order valence-corrected chi connectivity index (χ1v) is 3.00. The van der Waals surface area contributed by atoms with Crippen LogP contribution in [0, 0.1) is 0 Å². The van der Waals surface area contributed by atoms with E-state index in [0.29, 0.717) is 0 Å². The molecule has 0 aromatic rings. The smallest absolute Gasteiger partial charge is 0.780 e. The van der Waals surface area contributed by atoms with Gasteiger partial charge >= 0.3 is 103 Å². The van der Waals surface area contributed by atoms with Crippen molar-refractivity contribution in [3.63, 3.8) is 0 Å². The molecular formula is H6K2O6S2. The fourth-order valence-electron chi connectivity index (χ4n) is 0. The molecule has 0 heterocycles. The second-order valence-corrected chi connectivity index (χ2v) is 2.45. The Hall–Kier alpha value is 3.44. The van der Waals surface area contributed by atoms with E-state index in [1.807, 2.05) is 0 Å². The van der Waals surface area contributed by atoms with Crippen LogP contribution in [-0.4, -0.2) is 29.7 Å². The Bertz CT molecular complexity index is 96.9. The third kappa shape index (κ3) is 105. The van der Waals surface area contributed by atoms with Gasteiger partial charge in [-0.1, -0.05) is 0 Å². The molecule has 6 nitrogen and oxygen atoms in total. The van der Waals surface area contributed by atoms with Gasteiger partial charge in [0, 0.05) is 0 Å². The van der Waals surface area contributed by atoms with Crippen LogP contribution in [0.5, 0.6) is 0 Å². The van der Waals surface area contributed by atoms with Crippen molar-refractivity contribution < 1.29 is 133 Å². The molecule has 0 saturated heterocycles. The van der Waals surface area contributed by atoms with Crippen molar-refractivity contribution in [3.8, 4) is 0 Å². The van der Waals surface area contributed by atoms with Gasteiger partial charge in [-0.25, -0.2) is 0 Å². The molecule has 10 heteroatoms. The van der Waals surface area contributed by atoms with E-state index in [9.17, 15) is 0 Å². The second-order valence-electron chi connectivity index (χ2n) is 0.408. The molecule has 56 valence electrons. The van der Waals surface area contributed by atoms with Crippen LogP contribution in [0.3, 0.4) is 0 Å². The molecule has 0 amide bonds. The molecule has 0 aliphatic heterocycles. The Labute approximate surface area is 149 Å². The van der Waals surface area contributed by atoms with E-state index in [-0.39, 0.29) is 119 Å². The van der Waals surface area contributed by atoms with Crippen LogP contribution in [0.2, 0.25) is 0 Å². The molecule has 0 aromatic heterocycles. The minimum Gasteiger partial charge on any atom is -0.780 e. The standard InChI is InChI=1S/2K.H2O3S2.3H2O/c;;1-5(2,3)4;;;/h;;(H2,1,2,3,4);3*1H2/q2*+1;;;;/p-2. The fourth-order valence-corrected chi connectivity index (χ4v) is 0. The molecule has 0 radical (unpaired) electrons. The molecular weight excluding hydrogens is 238 g/mol. The van der Waals surface area contributed by atoms with Gasteiger partial charge in [0.05, 0.1) is 0 Å². The van der Waals surface area contributed by atoms with Gasteiger partial charge in [0.2, 0.25) is 0 Å². The molecule has 0 aromatic carbocycles. The van der Waals surface area contributed by atoms with Crippen LogP contribution in [0.25, 0.3) is 0 Å². The van der Waals surface area contributed by atoms with E-state index >= 15 is 0 Å². The molecule has 0 saturated carbocycles. The van der Waals surface area contributed by atoms with Gasteiger partial charge in [-0.05, 0) is 11.2 Å². The molecule has 0 rings (SSSR count). The van der Waals surface area contributed by atoms with E-state index < -0.39 is 9.05 Å². The monoisotopic (exact) mass is 244 g/mol. The van der Waals surface area contributed by atoms with Gasteiger partial charge in [-0.15, -0.1) is 9.05 Å². The second kappa shape index (κ2) is 18.3. The van der Waals surface area contributed by atoms with Gasteiger partial charge in [0.1, 0.15) is 0 Å². The zero-order valence-corrected chi connectivity index (χ0v) is 13.4. The summed E-state index contributed by atoms with van der Waals surface area (Å²) in [5, 5.41) is 0. The normalized spacial score (nSPS) is 5.80. The third-order valence-corrected chi connectivity index (χ3v) is 0. The zero-order chi connectivity index (χ0) is 4.50. The van der Waals surface area contributed by atoms with Crippen LogP contribution in [0.1, 0.15) is 0 Å². The summed E-state index contributed by atoms with van der Waals surface area (Å²) in [7, 11) is -4.33. The van der Waals surface area contributed by atoms with Crippen molar-refractivity contribution in [1.29, 1.82) is 0 Å². The van der Waals surface area contributed by atoms with Crippen LogP contribution >= 0.6 is 0 Å². The number of hydrogen-bond donors (Lipinski definition) is 0. The predicted molar refractivity (Wildman–Crippen MR) is 27.9 cm³/mol. The summed E-state index contributed by atoms with van der Waals surface area (Å²) in [6, 6.07) is 0. The van der Waals surface area contributed by atoms with E-state index in [4.69, 9.17) is 13.3 Å². The van der Waals surface area contributed by atoms with E-state index in [1.165, 1.54) is 0 Å². The Kier molecular flexibility index (Phi) is 68.6. The topological polar surface area (TPSA) is 158 Å². The van der Waals surface area contributed by atoms with Crippen LogP contribution in [-0.2, 0) is 20.2 Å². The fraction of sp³-hybridized carbons (Fsp3) is 0. The van der Waals surface area contributed by atoms with Crippen molar-refractivity contribution in [3.05, 3.63) is 0 Å². The predicted octanol–water partition coefficient (Wildman–Crippen LogP) is -9.47. The van der Waals surface area contributed by atoms with E-state index in [1.54, 1.807) is 0 Å². The maximum absolute atomic E-state index is 8.89. The first kappa shape index (κ1) is 37.6. The molecule has 0 aliphatic carbocycles. The summed E-state index contributed by atoms with van der Waals surface area (Å²) in [4.78, 5) is 0. The molecule has 0 aliphatic rings. The Morgan fingerprint density at radius 1 is 1.00 bits per heavy atom. The summed E-state index contributed by atoms with van der Waals surface area (Å²) in [5.74, 6) is 0. The Balaban J connectivity index is -0.00000000800. The van der Waals surface area contributed by atoms with Gasteiger partial charge in [-0.2, -0.15) is 0 Å². The van der Waals surface area contributed by atoms with Crippen molar-refractivity contribution in [2.45, 2.75) is 0 Å². The van der Waals surface area contributed by atoms with E-state index in [0.717, 1.165) is 0 Å². The Morgan fingerprint density at radius 2 is 1.00 bits per heavy atom. The summed E-state index contributed by atoms with van der Waals surface area (Å²) in [6.07, 6.45) is 0. The van der Waals surface area contributed by atoms with Gasteiger partial charge < -0.3 is 25.5 Å². The molecule has 0 bridgehead atoms. The summed E-state index contributed by atoms with van der Waals surface area (Å²) in [6.45, 7) is 0. The molecule has 0 spiro atoms. The Morgan fingerprint density at radius 3 is 1.00 bits per heavy atom. The van der Waals surface area contributed by atoms with Gasteiger partial charge in [-0.3, -0.25) is 4.21 Å². The van der Waals surface area contributed by atoms with Crippen molar-refractivity contribution in [2.75, 3.05) is 0 Å². The van der Waals surface area contributed by atoms with Crippen LogP contribution in [0.15, 0.2) is 0 Å². The quantitative estimate of drug-likeness (QED) is 0.387. The molecule has 0 unspecified atom stereocenters. The van der Waals surface area contributed by atoms with Crippen molar-refractivity contribution in [2.24, 2.45) is 0 Å². The SMILES string of the molecule is O.O.O.O=S([O-])([O-])=S.[K+].[K+]. The first-order chi connectivity index (χ1) is 2.00. The molecule has 10 heavy (non-hydrogen) atoms.